The second kappa shape index (κ2) is 7.46. The molecule has 0 amide bonds. The Hall–Kier alpha value is -2.97. The van der Waals surface area contributed by atoms with Crippen LogP contribution in [0.2, 0.25) is 0 Å². The van der Waals surface area contributed by atoms with Gasteiger partial charge in [-0.1, -0.05) is 35.5 Å². The summed E-state index contributed by atoms with van der Waals surface area (Å²) in [6.07, 6.45) is 1.64. The van der Waals surface area contributed by atoms with Crippen molar-refractivity contribution in [3.63, 3.8) is 0 Å². The summed E-state index contributed by atoms with van der Waals surface area (Å²) >= 11 is 0. The van der Waals surface area contributed by atoms with Crippen molar-refractivity contribution < 1.29 is 14.0 Å². The molecule has 0 bridgehead atoms. The Morgan fingerprint density at radius 2 is 1.76 bits per heavy atom. The van der Waals surface area contributed by atoms with Crippen molar-refractivity contribution in [2.75, 3.05) is 36.5 Å². The second-order valence-corrected chi connectivity index (χ2v) is 7.34. The molecule has 1 aromatic carbocycles. The summed E-state index contributed by atoms with van der Waals surface area (Å²) < 4.78 is 16.8. The van der Waals surface area contributed by atoms with E-state index in [9.17, 15) is 0 Å². The summed E-state index contributed by atoms with van der Waals surface area (Å²) in [5.41, 5.74) is 1.89. The van der Waals surface area contributed by atoms with Gasteiger partial charge < -0.3 is 24.2 Å². The number of aromatic nitrogens is 3. The lowest BCUT2D eigenvalue weighted by molar-refractivity contribution is -0.169. The molecule has 1 N–H and O–H groups in total. The van der Waals surface area contributed by atoms with Crippen LogP contribution in [0, 0.1) is 6.92 Å². The fraction of sp³-hybridized carbons (Fsp3) is 0.381. The van der Waals surface area contributed by atoms with Crippen LogP contribution in [0.1, 0.15) is 18.6 Å². The zero-order valence-corrected chi connectivity index (χ0v) is 16.3. The van der Waals surface area contributed by atoms with Crippen molar-refractivity contribution >= 4 is 17.6 Å². The first-order valence-electron chi connectivity index (χ1n) is 9.87. The maximum atomic E-state index is 5.85. The lowest BCUT2D eigenvalue weighted by Gasteiger charge is -2.38. The van der Waals surface area contributed by atoms with E-state index in [1.165, 1.54) is 0 Å². The highest BCUT2D eigenvalue weighted by Crippen LogP contribution is 2.34. The van der Waals surface area contributed by atoms with Crippen LogP contribution in [0.3, 0.4) is 0 Å². The van der Waals surface area contributed by atoms with Crippen molar-refractivity contribution in [2.24, 2.45) is 0 Å². The van der Waals surface area contributed by atoms with Gasteiger partial charge in [-0.25, -0.2) is 4.98 Å². The average molecular weight is 393 g/mol. The monoisotopic (exact) mass is 393 g/mol. The van der Waals surface area contributed by atoms with Crippen LogP contribution in [0.4, 0.5) is 17.6 Å². The quantitative estimate of drug-likeness (QED) is 0.721. The van der Waals surface area contributed by atoms with Gasteiger partial charge in [0.1, 0.15) is 11.6 Å². The summed E-state index contributed by atoms with van der Waals surface area (Å²) in [4.78, 5) is 11.7. The topological polar surface area (TPSA) is 85.5 Å². The molecule has 29 heavy (non-hydrogen) atoms. The van der Waals surface area contributed by atoms with Gasteiger partial charge in [0.25, 0.3) is 0 Å². The normalized spacial score (nSPS) is 18.3. The van der Waals surface area contributed by atoms with Crippen LogP contribution in [-0.4, -0.2) is 47.2 Å². The predicted molar refractivity (Wildman–Crippen MR) is 108 cm³/mol. The molecule has 2 saturated heterocycles. The minimum absolute atomic E-state index is 0.412. The Bertz CT molecular complexity index is 975. The third kappa shape index (κ3) is 3.81. The summed E-state index contributed by atoms with van der Waals surface area (Å²) in [6.45, 7) is 4.83. The highest BCUT2D eigenvalue weighted by molar-refractivity contribution is 5.66. The average Bonchev–Trinajstić information content (AvgIpc) is 3.38. The molecule has 0 aliphatic carbocycles. The molecule has 8 heteroatoms. The number of hydrogen-bond acceptors (Lipinski definition) is 8. The number of anilines is 3. The molecule has 4 heterocycles. The maximum absolute atomic E-state index is 5.85. The van der Waals surface area contributed by atoms with Crippen molar-refractivity contribution in [3.8, 4) is 11.3 Å². The number of nitrogens with one attached hydrogen (secondary N) is 1. The van der Waals surface area contributed by atoms with Crippen molar-refractivity contribution in [1.29, 1.82) is 0 Å². The van der Waals surface area contributed by atoms with Gasteiger partial charge in [0, 0.05) is 43.6 Å². The number of benzene rings is 1. The van der Waals surface area contributed by atoms with Gasteiger partial charge in [0.05, 0.1) is 18.9 Å². The Morgan fingerprint density at radius 3 is 2.45 bits per heavy atom. The molecular formula is C21H23N5O3. The van der Waals surface area contributed by atoms with E-state index >= 15 is 0 Å². The van der Waals surface area contributed by atoms with E-state index in [0.29, 0.717) is 25.0 Å². The number of aryl methyl sites for hydroxylation is 1. The van der Waals surface area contributed by atoms with Crippen LogP contribution in [0.15, 0.2) is 47.0 Å². The third-order valence-electron chi connectivity index (χ3n) is 5.31. The third-order valence-corrected chi connectivity index (χ3v) is 5.31. The molecule has 2 aromatic heterocycles. The maximum Gasteiger partial charge on any atom is 0.231 e. The highest BCUT2D eigenvalue weighted by atomic mass is 16.7. The molecule has 2 fully saturated rings. The lowest BCUT2D eigenvalue weighted by Crippen LogP contribution is -2.45. The molecule has 0 radical (unpaired) electrons. The first-order valence-corrected chi connectivity index (χ1v) is 9.87. The van der Waals surface area contributed by atoms with Gasteiger partial charge in [-0.15, -0.1) is 0 Å². The number of hydrogen-bond donors (Lipinski definition) is 1. The van der Waals surface area contributed by atoms with Gasteiger partial charge in [-0.3, -0.25) is 0 Å². The van der Waals surface area contributed by atoms with E-state index in [0.717, 1.165) is 48.8 Å². The van der Waals surface area contributed by atoms with Crippen LogP contribution in [0.5, 0.6) is 0 Å². The number of piperidine rings is 1. The summed E-state index contributed by atoms with van der Waals surface area (Å²) in [5, 5.41) is 7.15. The van der Waals surface area contributed by atoms with Crippen LogP contribution < -0.4 is 10.2 Å². The van der Waals surface area contributed by atoms with E-state index in [1.807, 2.05) is 49.4 Å². The number of ether oxygens (including phenoxy) is 2. The first-order chi connectivity index (χ1) is 14.2. The molecule has 0 atom stereocenters. The molecular weight excluding hydrogens is 370 g/mol. The molecule has 1 spiro atoms. The zero-order chi connectivity index (χ0) is 19.7. The van der Waals surface area contributed by atoms with Crippen LogP contribution in [0.25, 0.3) is 11.3 Å². The van der Waals surface area contributed by atoms with Gasteiger partial charge in [0.15, 0.2) is 11.6 Å². The van der Waals surface area contributed by atoms with Gasteiger partial charge in [-0.2, -0.15) is 4.98 Å². The summed E-state index contributed by atoms with van der Waals surface area (Å²) in [5.74, 6) is 2.26. The van der Waals surface area contributed by atoms with Gasteiger partial charge >= 0.3 is 0 Å². The minimum atomic E-state index is -0.412. The van der Waals surface area contributed by atoms with Crippen LogP contribution >= 0.6 is 0 Å². The Morgan fingerprint density at radius 1 is 1.00 bits per heavy atom. The standard InChI is InChI=1S/C21H23N5O3/c1-15-13-18(25-29-15)23-20-22-17(16-5-3-2-4-6-16)14-19(24-20)26-9-7-21(8-10-26)27-11-12-28-21/h2-6,13-14H,7-12H2,1H3,(H,22,23,24,25). The fourth-order valence-corrected chi connectivity index (χ4v) is 3.81. The van der Waals surface area contributed by atoms with E-state index in [-0.39, 0.29) is 0 Å². The Balaban J connectivity index is 1.44. The highest BCUT2D eigenvalue weighted by Gasteiger charge is 2.40. The molecule has 0 unspecified atom stereocenters. The Labute approximate surface area is 168 Å². The molecule has 3 aromatic rings. The van der Waals surface area contributed by atoms with Crippen molar-refractivity contribution in [1.82, 2.24) is 15.1 Å². The summed E-state index contributed by atoms with van der Waals surface area (Å²) in [7, 11) is 0. The van der Waals surface area contributed by atoms with E-state index < -0.39 is 5.79 Å². The number of rotatable bonds is 4. The molecule has 5 rings (SSSR count). The first kappa shape index (κ1) is 18.1. The molecule has 0 saturated carbocycles. The van der Waals surface area contributed by atoms with E-state index in [1.54, 1.807) is 0 Å². The SMILES string of the molecule is Cc1cc(Nc2nc(-c3ccccc3)cc(N3CCC4(CC3)OCCO4)n2)no1. The molecule has 150 valence electrons. The smallest absolute Gasteiger partial charge is 0.231 e. The molecule has 2 aliphatic heterocycles. The Kier molecular flexibility index (Phi) is 4.65. The van der Waals surface area contributed by atoms with E-state index in [4.69, 9.17) is 24.0 Å². The lowest BCUT2D eigenvalue weighted by atomic mass is 10.0. The zero-order valence-electron chi connectivity index (χ0n) is 16.3. The van der Waals surface area contributed by atoms with E-state index in [2.05, 4.69) is 15.4 Å². The fourth-order valence-electron chi connectivity index (χ4n) is 3.81. The van der Waals surface area contributed by atoms with Crippen LogP contribution in [-0.2, 0) is 9.47 Å². The predicted octanol–water partition coefficient (Wildman–Crippen LogP) is 3.53. The summed E-state index contributed by atoms with van der Waals surface area (Å²) in [6, 6.07) is 13.9. The molecule has 2 aliphatic rings. The van der Waals surface area contributed by atoms with Gasteiger partial charge in [0.2, 0.25) is 5.95 Å². The second-order valence-electron chi connectivity index (χ2n) is 7.34. The molecule has 8 nitrogen and oxygen atoms in total. The number of nitrogens with zero attached hydrogens (tertiary/aromatic N) is 4. The largest absolute Gasteiger partial charge is 0.360 e. The van der Waals surface area contributed by atoms with Crippen molar-refractivity contribution in [2.45, 2.75) is 25.6 Å². The minimum Gasteiger partial charge on any atom is -0.360 e. The van der Waals surface area contributed by atoms with Gasteiger partial charge in [-0.05, 0) is 6.92 Å². The van der Waals surface area contributed by atoms with Crippen molar-refractivity contribution in [3.05, 3.63) is 48.2 Å².